The first-order valence-electron chi connectivity index (χ1n) is 8.62. The normalized spacial score (nSPS) is 24.4. The first-order chi connectivity index (χ1) is 14.1. The predicted molar refractivity (Wildman–Crippen MR) is 104 cm³/mol. The SMILES string of the molecule is O=C1N[C@H](c2cc3ccccc3nc2Cl)[C@@H](C(=O)c2cccs2)[C@](O)(C(F)(F)F)N1. The molecule has 1 fully saturated rings. The lowest BCUT2D eigenvalue weighted by molar-refractivity contribution is -0.287. The van der Waals surface area contributed by atoms with Gasteiger partial charge >= 0.3 is 12.2 Å². The number of ketones is 1. The molecule has 2 amide bonds. The zero-order chi connectivity index (χ0) is 21.7. The molecule has 1 aromatic carbocycles. The number of nitrogens with zero attached hydrogens (tertiary/aromatic N) is 1. The lowest BCUT2D eigenvalue weighted by Crippen LogP contribution is -2.72. The van der Waals surface area contributed by atoms with Gasteiger partial charge in [0.2, 0.25) is 5.72 Å². The van der Waals surface area contributed by atoms with Gasteiger partial charge in [-0.25, -0.2) is 9.78 Å². The number of thiophene rings is 1. The summed E-state index contributed by atoms with van der Waals surface area (Å²) in [4.78, 5) is 29.3. The summed E-state index contributed by atoms with van der Waals surface area (Å²) in [5, 5.41) is 16.2. The van der Waals surface area contributed by atoms with Crippen LogP contribution in [0.1, 0.15) is 21.3 Å². The molecule has 1 aliphatic rings. The Hall–Kier alpha value is -2.69. The van der Waals surface area contributed by atoms with Crippen LogP contribution in [0.25, 0.3) is 10.9 Å². The average molecular weight is 456 g/mol. The van der Waals surface area contributed by atoms with Gasteiger partial charge in [-0.15, -0.1) is 11.3 Å². The van der Waals surface area contributed by atoms with Crippen molar-refractivity contribution in [3.8, 4) is 0 Å². The Morgan fingerprint density at radius 2 is 1.97 bits per heavy atom. The van der Waals surface area contributed by atoms with E-state index in [0.29, 0.717) is 10.9 Å². The molecular weight excluding hydrogens is 443 g/mol. The third kappa shape index (κ3) is 3.30. The van der Waals surface area contributed by atoms with Gasteiger partial charge in [0.05, 0.1) is 16.4 Å². The molecular formula is C19H13ClF3N3O3S. The fourth-order valence-corrected chi connectivity index (χ4v) is 4.46. The molecule has 3 aromatic rings. The maximum atomic E-state index is 13.9. The lowest BCUT2D eigenvalue weighted by atomic mass is 9.79. The second kappa shape index (κ2) is 7.22. The van der Waals surface area contributed by atoms with Gasteiger partial charge in [0.25, 0.3) is 0 Å². The van der Waals surface area contributed by atoms with E-state index in [-0.39, 0.29) is 15.6 Å². The van der Waals surface area contributed by atoms with Crippen LogP contribution in [0.5, 0.6) is 0 Å². The second-order valence-electron chi connectivity index (χ2n) is 6.72. The summed E-state index contributed by atoms with van der Waals surface area (Å²) in [7, 11) is 0. The zero-order valence-electron chi connectivity index (χ0n) is 14.9. The smallest absolute Gasteiger partial charge is 0.363 e. The standard InChI is InChI=1S/C19H13ClF3N3O3S/c20-16-10(8-9-4-1-2-5-11(9)24-16)14-13(15(27)12-6-3-7-30-12)18(29,19(21,22)23)26-17(28)25-14/h1-8,13-14,29H,(H2,25,26,28)/t13-,14+,18-/m0/s1. The molecule has 6 nitrogen and oxygen atoms in total. The Kier molecular flexibility index (Phi) is 4.95. The molecule has 11 heteroatoms. The fraction of sp³-hybridized carbons (Fsp3) is 0.211. The first-order valence-corrected chi connectivity index (χ1v) is 9.88. The van der Waals surface area contributed by atoms with Crippen molar-refractivity contribution in [1.29, 1.82) is 0 Å². The Labute approximate surface area is 176 Å². The molecule has 1 aliphatic heterocycles. The van der Waals surface area contributed by atoms with E-state index in [1.807, 2.05) is 0 Å². The Balaban J connectivity index is 1.92. The second-order valence-corrected chi connectivity index (χ2v) is 8.03. The summed E-state index contributed by atoms with van der Waals surface area (Å²) in [6, 6.07) is 8.15. The van der Waals surface area contributed by atoms with Gasteiger partial charge in [0.1, 0.15) is 11.1 Å². The van der Waals surface area contributed by atoms with E-state index in [9.17, 15) is 27.9 Å². The summed E-state index contributed by atoms with van der Waals surface area (Å²) in [5.41, 5.74) is -3.34. The topological polar surface area (TPSA) is 91.3 Å². The Morgan fingerprint density at radius 3 is 2.63 bits per heavy atom. The molecule has 2 aromatic heterocycles. The van der Waals surface area contributed by atoms with Crippen molar-refractivity contribution in [3.63, 3.8) is 0 Å². The van der Waals surface area contributed by atoms with Crippen LogP contribution in [0, 0.1) is 5.92 Å². The van der Waals surface area contributed by atoms with Gasteiger partial charge in [0, 0.05) is 10.9 Å². The number of halogens is 4. The number of aliphatic hydroxyl groups is 1. The molecule has 30 heavy (non-hydrogen) atoms. The maximum Gasteiger partial charge on any atom is 0.437 e. The van der Waals surface area contributed by atoms with Crippen molar-refractivity contribution in [2.45, 2.75) is 17.9 Å². The molecule has 3 N–H and O–H groups in total. The van der Waals surface area contributed by atoms with Gasteiger partial charge in [-0.3, -0.25) is 4.79 Å². The first kappa shape index (κ1) is 20.6. The monoisotopic (exact) mass is 455 g/mol. The largest absolute Gasteiger partial charge is 0.437 e. The minimum Gasteiger partial charge on any atom is -0.363 e. The number of rotatable bonds is 3. The number of carbonyl (C=O) groups is 2. The van der Waals surface area contributed by atoms with Crippen LogP contribution < -0.4 is 10.6 Å². The molecule has 0 saturated carbocycles. The van der Waals surface area contributed by atoms with Gasteiger partial charge in [-0.1, -0.05) is 35.9 Å². The average Bonchev–Trinajstić information content (AvgIpc) is 3.20. The van der Waals surface area contributed by atoms with Crippen molar-refractivity contribution in [2.75, 3.05) is 0 Å². The van der Waals surface area contributed by atoms with Crippen LogP contribution in [0.15, 0.2) is 47.8 Å². The summed E-state index contributed by atoms with van der Waals surface area (Å²) >= 11 is 7.16. The number of urea groups is 1. The summed E-state index contributed by atoms with van der Waals surface area (Å²) in [6.45, 7) is 0. The Bertz CT molecular complexity index is 1140. The van der Waals surface area contributed by atoms with Crippen molar-refractivity contribution >= 4 is 45.7 Å². The Morgan fingerprint density at radius 1 is 1.23 bits per heavy atom. The number of aromatic nitrogens is 1. The van der Waals surface area contributed by atoms with Crippen LogP contribution in [-0.2, 0) is 0 Å². The molecule has 0 radical (unpaired) electrons. The van der Waals surface area contributed by atoms with Gasteiger partial charge in [-0.05, 0) is 23.6 Å². The molecule has 0 unspecified atom stereocenters. The molecule has 3 atom stereocenters. The van der Waals surface area contributed by atoms with E-state index in [1.54, 1.807) is 24.3 Å². The van der Waals surface area contributed by atoms with Gasteiger partial charge in [-0.2, -0.15) is 13.2 Å². The zero-order valence-corrected chi connectivity index (χ0v) is 16.5. The third-order valence-electron chi connectivity index (χ3n) is 4.89. The number of amides is 2. The van der Waals surface area contributed by atoms with Crippen LogP contribution >= 0.6 is 22.9 Å². The van der Waals surface area contributed by atoms with E-state index >= 15 is 0 Å². The van der Waals surface area contributed by atoms with E-state index in [2.05, 4.69) is 10.3 Å². The number of hydrogen-bond acceptors (Lipinski definition) is 5. The highest BCUT2D eigenvalue weighted by Gasteiger charge is 2.66. The number of benzene rings is 1. The van der Waals surface area contributed by atoms with Crippen LogP contribution in [0.2, 0.25) is 5.15 Å². The number of para-hydroxylation sites is 1. The van der Waals surface area contributed by atoms with E-state index < -0.39 is 35.7 Å². The number of Topliss-reactive ketones (excluding diaryl/α,β-unsaturated/α-hetero) is 1. The van der Waals surface area contributed by atoms with Crippen molar-refractivity contribution < 1.29 is 27.9 Å². The molecule has 0 aliphatic carbocycles. The minimum atomic E-state index is -5.34. The van der Waals surface area contributed by atoms with E-state index in [0.717, 1.165) is 11.3 Å². The van der Waals surface area contributed by atoms with Crippen molar-refractivity contribution in [3.05, 3.63) is 63.4 Å². The van der Waals surface area contributed by atoms with Crippen LogP contribution in [0.4, 0.5) is 18.0 Å². The molecule has 0 spiro atoms. The summed E-state index contributed by atoms with van der Waals surface area (Å²) in [6.07, 6.45) is -5.34. The number of hydrogen-bond donors (Lipinski definition) is 3. The molecule has 3 heterocycles. The summed E-state index contributed by atoms with van der Waals surface area (Å²) < 4.78 is 41.7. The highest BCUT2D eigenvalue weighted by atomic mass is 35.5. The summed E-state index contributed by atoms with van der Waals surface area (Å²) in [5.74, 6) is -3.14. The van der Waals surface area contributed by atoms with Crippen molar-refractivity contribution in [1.82, 2.24) is 15.6 Å². The van der Waals surface area contributed by atoms with E-state index in [4.69, 9.17) is 11.6 Å². The molecule has 156 valence electrons. The van der Waals surface area contributed by atoms with E-state index in [1.165, 1.54) is 28.9 Å². The van der Waals surface area contributed by atoms with Crippen molar-refractivity contribution in [2.24, 2.45) is 5.92 Å². The van der Waals surface area contributed by atoms with Gasteiger partial charge < -0.3 is 15.7 Å². The lowest BCUT2D eigenvalue weighted by Gasteiger charge is -2.44. The fourth-order valence-electron chi connectivity index (χ4n) is 3.50. The van der Waals surface area contributed by atoms with Crippen LogP contribution in [0.3, 0.4) is 0 Å². The minimum absolute atomic E-state index is 0.00417. The number of nitrogens with one attached hydrogen (secondary N) is 2. The number of pyridine rings is 1. The quantitative estimate of drug-likeness (QED) is 0.410. The highest BCUT2D eigenvalue weighted by molar-refractivity contribution is 7.12. The molecule has 1 saturated heterocycles. The third-order valence-corrected chi connectivity index (χ3v) is 6.08. The molecule has 0 bridgehead atoms. The number of fused-ring (bicyclic) bond motifs is 1. The number of alkyl halides is 3. The molecule has 4 rings (SSSR count). The predicted octanol–water partition coefficient (Wildman–Crippen LogP) is 4.05. The maximum absolute atomic E-state index is 13.9. The van der Waals surface area contributed by atoms with Crippen LogP contribution in [-0.4, -0.2) is 33.8 Å². The van der Waals surface area contributed by atoms with Gasteiger partial charge in [0.15, 0.2) is 5.78 Å². The number of carbonyl (C=O) groups excluding carboxylic acids is 2. The highest BCUT2D eigenvalue weighted by Crippen LogP contribution is 2.45.